The van der Waals surface area contributed by atoms with Crippen molar-refractivity contribution < 1.29 is 9.28 Å². The zero-order chi connectivity index (χ0) is 18.3. The number of quaternary nitrogens is 1. The summed E-state index contributed by atoms with van der Waals surface area (Å²) in [7, 11) is 0. The van der Waals surface area contributed by atoms with Gasteiger partial charge in [-0.2, -0.15) is 0 Å². The summed E-state index contributed by atoms with van der Waals surface area (Å²) in [5.74, 6) is 0.240. The first-order chi connectivity index (χ1) is 12.0. The maximum atomic E-state index is 13.3. The van der Waals surface area contributed by atoms with Gasteiger partial charge in [0.15, 0.2) is 6.04 Å². The zero-order valence-corrected chi connectivity index (χ0v) is 16.7. The van der Waals surface area contributed by atoms with Gasteiger partial charge in [0.05, 0.1) is 19.6 Å². The molecule has 0 unspecified atom stereocenters. The third-order valence-electron chi connectivity index (χ3n) is 5.94. The standard InChI is InChI=1S/C22H36N2O/c1-5-7-15-24(16-8-6-2)17-10-9-14-20(24)22(25)23-21-18(3)12-11-13-19(21)4/h11-13,20H,5-10,14-17H2,1-4H3/p+1/t20-/m0/s1. The summed E-state index contributed by atoms with van der Waals surface area (Å²) in [6, 6.07) is 6.34. The highest BCUT2D eigenvalue weighted by molar-refractivity contribution is 5.95. The second kappa shape index (κ2) is 9.38. The molecule has 1 fully saturated rings. The molecule has 1 heterocycles. The second-order valence-corrected chi connectivity index (χ2v) is 7.86. The Morgan fingerprint density at radius 1 is 1.08 bits per heavy atom. The SMILES string of the molecule is CCCC[N+]1(CCCC)CCCC[C@H]1C(=O)Nc1c(C)cccc1C. The van der Waals surface area contributed by atoms with Gasteiger partial charge in [0.2, 0.25) is 0 Å². The molecule has 2 rings (SSSR count). The number of amides is 1. The minimum atomic E-state index is 0.117. The number of rotatable bonds is 8. The lowest BCUT2D eigenvalue weighted by Gasteiger charge is -2.47. The molecule has 0 aliphatic carbocycles. The Bertz CT molecular complexity index is 539. The Labute approximate surface area is 154 Å². The van der Waals surface area contributed by atoms with Crippen molar-refractivity contribution in [2.45, 2.75) is 78.7 Å². The van der Waals surface area contributed by atoms with Gasteiger partial charge in [0, 0.05) is 12.1 Å². The van der Waals surface area contributed by atoms with Crippen LogP contribution in [0.3, 0.4) is 0 Å². The highest BCUT2D eigenvalue weighted by atomic mass is 16.2. The van der Waals surface area contributed by atoms with Crippen molar-refractivity contribution in [3.05, 3.63) is 29.3 Å². The number of anilines is 1. The minimum absolute atomic E-state index is 0.117. The first-order valence-corrected chi connectivity index (χ1v) is 10.3. The molecule has 0 bridgehead atoms. The average Bonchev–Trinajstić information content (AvgIpc) is 2.61. The number of aryl methyl sites for hydroxylation is 2. The molecule has 3 heteroatoms. The highest BCUT2D eigenvalue weighted by Crippen LogP contribution is 2.30. The van der Waals surface area contributed by atoms with Crippen molar-refractivity contribution in [1.29, 1.82) is 0 Å². The number of piperidine rings is 1. The van der Waals surface area contributed by atoms with Crippen LogP contribution in [0.25, 0.3) is 0 Å². The molecule has 1 aliphatic heterocycles. The zero-order valence-electron chi connectivity index (χ0n) is 16.7. The van der Waals surface area contributed by atoms with Crippen molar-refractivity contribution in [3.8, 4) is 0 Å². The number of carbonyl (C=O) groups is 1. The van der Waals surface area contributed by atoms with Gasteiger partial charge < -0.3 is 9.80 Å². The van der Waals surface area contributed by atoms with E-state index in [1.165, 1.54) is 45.1 Å². The van der Waals surface area contributed by atoms with Crippen LogP contribution in [0.5, 0.6) is 0 Å². The van der Waals surface area contributed by atoms with Crippen molar-refractivity contribution in [2.24, 2.45) is 0 Å². The molecule has 1 aromatic carbocycles. The Morgan fingerprint density at radius 3 is 2.24 bits per heavy atom. The Morgan fingerprint density at radius 2 is 1.68 bits per heavy atom. The third-order valence-corrected chi connectivity index (χ3v) is 5.94. The first-order valence-electron chi connectivity index (χ1n) is 10.3. The second-order valence-electron chi connectivity index (χ2n) is 7.86. The molecule has 3 nitrogen and oxygen atoms in total. The van der Waals surface area contributed by atoms with E-state index < -0.39 is 0 Å². The monoisotopic (exact) mass is 345 g/mol. The third kappa shape index (κ3) is 4.84. The number of hydrogen-bond acceptors (Lipinski definition) is 1. The molecular weight excluding hydrogens is 308 g/mol. The first kappa shape index (κ1) is 20.0. The Hall–Kier alpha value is -1.35. The summed E-state index contributed by atoms with van der Waals surface area (Å²) in [6.07, 6.45) is 8.33. The van der Waals surface area contributed by atoms with Gasteiger partial charge in [-0.1, -0.05) is 44.9 Å². The maximum absolute atomic E-state index is 13.3. The molecule has 1 atom stereocenters. The molecule has 140 valence electrons. The lowest BCUT2D eigenvalue weighted by atomic mass is 9.95. The maximum Gasteiger partial charge on any atom is 0.282 e. The molecule has 1 aliphatic rings. The Kier molecular flexibility index (Phi) is 7.49. The van der Waals surface area contributed by atoms with E-state index in [1.54, 1.807) is 0 Å². The van der Waals surface area contributed by atoms with E-state index in [4.69, 9.17) is 0 Å². The number of nitrogens with zero attached hydrogens (tertiary/aromatic N) is 1. The van der Waals surface area contributed by atoms with Gasteiger partial charge in [-0.25, -0.2) is 0 Å². The van der Waals surface area contributed by atoms with Gasteiger partial charge in [0.1, 0.15) is 0 Å². The molecule has 1 aromatic rings. The van der Waals surface area contributed by atoms with Crippen molar-refractivity contribution in [3.63, 3.8) is 0 Å². The molecule has 1 saturated heterocycles. The van der Waals surface area contributed by atoms with Crippen molar-refractivity contribution in [1.82, 2.24) is 0 Å². The van der Waals surface area contributed by atoms with E-state index in [2.05, 4.69) is 51.2 Å². The largest absolute Gasteiger partial charge is 0.320 e. The molecule has 0 spiro atoms. The van der Waals surface area contributed by atoms with Crippen LogP contribution >= 0.6 is 0 Å². The van der Waals surface area contributed by atoms with E-state index in [1.807, 2.05) is 0 Å². The smallest absolute Gasteiger partial charge is 0.282 e. The van der Waals surface area contributed by atoms with Crippen LogP contribution < -0.4 is 5.32 Å². The number of carbonyl (C=O) groups excluding carboxylic acids is 1. The van der Waals surface area contributed by atoms with Gasteiger partial charge in [-0.15, -0.1) is 0 Å². The summed E-state index contributed by atoms with van der Waals surface area (Å²) in [5, 5.41) is 3.30. The molecule has 0 radical (unpaired) electrons. The highest BCUT2D eigenvalue weighted by Gasteiger charge is 2.43. The van der Waals surface area contributed by atoms with Crippen LogP contribution in [0.2, 0.25) is 0 Å². The van der Waals surface area contributed by atoms with E-state index >= 15 is 0 Å². The number of para-hydroxylation sites is 1. The molecule has 0 saturated carbocycles. The van der Waals surface area contributed by atoms with Gasteiger partial charge in [-0.05, 0) is 50.7 Å². The average molecular weight is 346 g/mol. The van der Waals surface area contributed by atoms with Gasteiger partial charge in [-0.3, -0.25) is 4.79 Å². The van der Waals surface area contributed by atoms with E-state index in [0.29, 0.717) is 0 Å². The van der Waals surface area contributed by atoms with E-state index in [0.717, 1.165) is 40.8 Å². The van der Waals surface area contributed by atoms with Crippen LogP contribution in [-0.2, 0) is 4.79 Å². The molecule has 1 amide bonds. The van der Waals surface area contributed by atoms with Gasteiger partial charge >= 0.3 is 0 Å². The van der Waals surface area contributed by atoms with Crippen LogP contribution in [-0.4, -0.2) is 36.1 Å². The minimum Gasteiger partial charge on any atom is -0.320 e. The number of likely N-dealkylation sites (tertiary alicyclic amines) is 1. The molecule has 1 N–H and O–H groups in total. The Balaban J connectivity index is 2.23. The fourth-order valence-electron chi connectivity index (χ4n) is 4.39. The fraction of sp³-hybridized carbons (Fsp3) is 0.682. The molecular formula is C22H37N2O+. The van der Waals surface area contributed by atoms with Gasteiger partial charge in [0.25, 0.3) is 5.91 Å². The number of unbranched alkanes of at least 4 members (excludes halogenated alkanes) is 2. The molecule has 25 heavy (non-hydrogen) atoms. The summed E-state index contributed by atoms with van der Waals surface area (Å²) in [4.78, 5) is 13.3. The number of hydrogen-bond donors (Lipinski definition) is 1. The van der Waals surface area contributed by atoms with Crippen LogP contribution in [0.1, 0.15) is 69.9 Å². The number of nitrogens with one attached hydrogen (secondary N) is 1. The topological polar surface area (TPSA) is 29.1 Å². The van der Waals surface area contributed by atoms with E-state index in [-0.39, 0.29) is 11.9 Å². The summed E-state index contributed by atoms with van der Waals surface area (Å²) in [5.41, 5.74) is 3.33. The summed E-state index contributed by atoms with van der Waals surface area (Å²) in [6.45, 7) is 12.2. The van der Waals surface area contributed by atoms with Crippen molar-refractivity contribution >= 4 is 11.6 Å². The lowest BCUT2D eigenvalue weighted by molar-refractivity contribution is -0.947. The lowest BCUT2D eigenvalue weighted by Crippen LogP contribution is -2.63. The number of benzene rings is 1. The van der Waals surface area contributed by atoms with Crippen LogP contribution in [0.15, 0.2) is 18.2 Å². The summed E-state index contributed by atoms with van der Waals surface area (Å²) < 4.78 is 1.01. The summed E-state index contributed by atoms with van der Waals surface area (Å²) >= 11 is 0. The van der Waals surface area contributed by atoms with Crippen LogP contribution in [0.4, 0.5) is 5.69 Å². The predicted octanol–water partition coefficient (Wildman–Crippen LogP) is 5.21. The molecule has 0 aromatic heterocycles. The van der Waals surface area contributed by atoms with Crippen molar-refractivity contribution in [2.75, 3.05) is 25.0 Å². The normalized spacial score (nSPS) is 19.6. The quantitative estimate of drug-likeness (QED) is 0.644. The van der Waals surface area contributed by atoms with E-state index in [9.17, 15) is 4.79 Å². The fourth-order valence-corrected chi connectivity index (χ4v) is 4.39. The predicted molar refractivity (Wildman–Crippen MR) is 107 cm³/mol. The van der Waals surface area contributed by atoms with Crippen LogP contribution in [0, 0.1) is 13.8 Å².